The highest BCUT2D eigenvalue weighted by Crippen LogP contribution is 2.22. The molecule has 0 saturated carbocycles. The van der Waals surface area contributed by atoms with E-state index in [4.69, 9.17) is 14.2 Å². The average molecular weight is 372 g/mol. The predicted molar refractivity (Wildman–Crippen MR) is 106 cm³/mol. The van der Waals surface area contributed by atoms with Crippen molar-refractivity contribution in [2.75, 3.05) is 58.5 Å². The Kier molecular flexibility index (Phi) is 6.79. The smallest absolute Gasteiger partial charge is 0.120 e. The Morgan fingerprint density at radius 1 is 0.889 bits per heavy atom. The van der Waals surface area contributed by atoms with Gasteiger partial charge in [-0.3, -0.25) is 4.90 Å². The summed E-state index contributed by atoms with van der Waals surface area (Å²) in [6.45, 7) is 4.58. The van der Waals surface area contributed by atoms with Gasteiger partial charge in [0.2, 0.25) is 0 Å². The van der Waals surface area contributed by atoms with Gasteiger partial charge in [-0.1, -0.05) is 6.07 Å². The molecule has 1 heterocycles. The van der Waals surface area contributed by atoms with E-state index in [0.717, 1.165) is 43.4 Å². The van der Waals surface area contributed by atoms with E-state index in [2.05, 4.69) is 21.9 Å². The Labute approximate surface area is 160 Å². The number of aliphatic hydroxyl groups is 1. The highest BCUT2D eigenvalue weighted by atomic mass is 16.5. The first-order valence-electron chi connectivity index (χ1n) is 9.24. The summed E-state index contributed by atoms with van der Waals surface area (Å²) in [5.41, 5.74) is 1.18. The third-order valence-electron chi connectivity index (χ3n) is 4.76. The number of anilines is 1. The molecule has 1 aliphatic heterocycles. The molecular formula is C21H28N2O4. The van der Waals surface area contributed by atoms with E-state index in [-0.39, 0.29) is 6.61 Å². The van der Waals surface area contributed by atoms with Crippen LogP contribution in [0.15, 0.2) is 48.5 Å². The number of rotatable bonds is 8. The van der Waals surface area contributed by atoms with Crippen molar-refractivity contribution in [3.63, 3.8) is 0 Å². The SMILES string of the molecule is COc1ccc(OCC(O)CN2CCN(c3cccc(OC)c3)CC2)cc1. The zero-order valence-corrected chi connectivity index (χ0v) is 16.0. The van der Waals surface area contributed by atoms with Crippen LogP contribution in [0.4, 0.5) is 5.69 Å². The molecule has 0 amide bonds. The standard InChI is InChI=1S/C21H28N2O4/c1-25-19-6-8-20(9-7-19)27-16-18(24)15-22-10-12-23(13-11-22)17-4-3-5-21(14-17)26-2/h3-9,14,18,24H,10-13,15-16H2,1-2H3. The van der Waals surface area contributed by atoms with Crippen LogP contribution in [0.3, 0.4) is 0 Å². The molecule has 0 aliphatic carbocycles. The van der Waals surface area contributed by atoms with Gasteiger partial charge in [0.05, 0.1) is 14.2 Å². The van der Waals surface area contributed by atoms with Crippen molar-refractivity contribution in [2.45, 2.75) is 6.10 Å². The van der Waals surface area contributed by atoms with E-state index in [1.807, 2.05) is 36.4 Å². The van der Waals surface area contributed by atoms with Gasteiger partial charge in [0.25, 0.3) is 0 Å². The topological polar surface area (TPSA) is 54.4 Å². The zero-order valence-electron chi connectivity index (χ0n) is 16.0. The van der Waals surface area contributed by atoms with Crippen LogP contribution in [-0.4, -0.2) is 69.7 Å². The molecule has 0 radical (unpaired) electrons. The zero-order chi connectivity index (χ0) is 19.1. The maximum atomic E-state index is 10.3. The van der Waals surface area contributed by atoms with Crippen molar-refractivity contribution in [1.29, 1.82) is 0 Å². The molecule has 0 bridgehead atoms. The molecule has 1 fully saturated rings. The summed E-state index contributed by atoms with van der Waals surface area (Å²) >= 11 is 0. The number of hydrogen-bond donors (Lipinski definition) is 1. The van der Waals surface area contributed by atoms with Crippen LogP contribution < -0.4 is 19.1 Å². The molecule has 2 aromatic carbocycles. The fourth-order valence-corrected chi connectivity index (χ4v) is 3.21. The maximum Gasteiger partial charge on any atom is 0.120 e. The summed E-state index contributed by atoms with van der Waals surface area (Å²) in [5.74, 6) is 2.40. The molecule has 146 valence electrons. The second kappa shape index (κ2) is 9.48. The van der Waals surface area contributed by atoms with Crippen molar-refractivity contribution >= 4 is 5.69 Å². The van der Waals surface area contributed by atoms with Crippen LogP contribution in [0.5, 0.6) is 17.2 Å². The maximum absolute atomic E-state index is 10.3. The van der Waals surface area contributed by atoms with Gasteiger partial charge in [0, 0.05) is 44.5 Å². The quantitative estimate of drug-likeness (QED) is 0.767. The van der Waals surface area contributed by atoms with Crippen molar-refractivity contribution in [2.24, 2.45) is 0 Å². The lowest BCUT2D eigenvalue weighted by Crippen LogP contribution is -2.49. The number of methoxy groups -OCH3 is 2. The van der Waals surface area contributed by atoms with Crippen molar-refractivity contribution in [3.05, 3.63) is 48.5 Å². The summed E-state index contributed by atoms with van der Waals surface area (Å²) in [6, 6.07) is 15.5. The number of piperazine rings is 1. The molecule has 1 aliphatic rings. The molecule has 1 atom stereocenters. The van der Waals surface area contributed by atoms with E-state index >= 15 is 0 Å². The van der Waals surface area contributed by atoms with Gasteiger partial charge in [-0.15, -0.1) is 0 Å². The van der Waals surface area contributed by atoms with Crippen molar-refractivity contribution in [3.8, 4) is 17.2 Å². The number of benzene rings is 2. The normalized spacial score (nSPS) is 16.0. The third-order valence-corrected chi connectivity index (χ3v) is 4.76. The minimum atomic E-state index is -0.518. The monoisotopic (exact) mass is 372 g/mol. The molecule has 6 nitrogen and oxygen atoms in total. The lowest BCUT2D eigenvalue weighted by Gasteiger charge is -2.37. The fraction of sp³-hybridized carbons (Fsp3) is 0.429. The minimum Gasteiger partial charge on any atom is -0.497 e. The van der Waals surface area contributed by atoms with E-state index < -0.39 is 6.10 Å². The summed E-state index contributed by atoms with van der Waals surface area (Å²) in [5, 5.41) is 10.3. The summed E-state index contributed by atoms with van der Waals surface area (Å²) < 4.78 is 16.1. The fourth-order valence-electron chi connectivity index (χ4n) is 3.21. The molecule has 0 aromatic heterocycles. The first kappa shape index (κ1) is 19.3. The lowest BCUT2D eigenvalue weighted by molar-refractivity contribution is 0.0663. The van der Waals surface area contributed by atoms with E-state index in [9.17, 15) is 5.11 Å². The van der Waals surface area contributed by atoms with Crippen molar-refractivity contribution < 1.29 is 19.3 Å². The van der Waals surface area contributed by atoms with Gasteiger partial charge in [-0.2, -0.15) is 0 Å². The summed E-state index contributed by atoms with van der Waals surface area (Å²) in [6.07, 6.45) is -0.518. The first-order chi connectivity index (χ1) is 13.2. The van der Waals surface area contributed by atoms with E-state index in [1.54, 1.807) is 14.2 Å². The Hall–Kier alpha value is -2.44. The van der Waals surface area contributed by atoms with Crippen molar-refractivity contribution in [1.82, 2.24) is 4.90 Å². The molecule has 1 saturated heterocycles. The van der Waals surface area contributed by atoms with Crippen LogP contribution in [0, 0.1) is 0 Å². The van der Waals surface area contributed by atoms with Gasteiger partial charge < -0.3 is 24.2 Å². The number of nitrogens with zero attached hydrogens (tertiary/aromatic N) is 2. The van der Waals surface area contributed by atoms with Crippen LogP contribution in [0.2, 0.25) is 0 Å². The number of aliphatic hydroxyl groups excluding tert-OH is 1. The van der Waals surface area contributed by atoms with E-state index in [0.29, 0.717) is 6.54 Å². The largest absolute Gasteiger partial charge is 0.497 e. The second-order valence-electron chi connectivity index (χ2n) is 6.63. The average Bonchev–Trinajstić information content (AvgIpc) is 2.73. The van der Waals surface area contributed by atoms with Gasteiger partial charge in [0.15, 0.2) is 0 Å². The summed E-state index contributed by atoms with van der Waals surface area (Å²) in [7, 11) is 3.32. The Morgan fingerprint density at radius 3 is 2.22 bits per heavy atom. The third kappa shape index (κ3) is 5.52. The van der Waals surface area contributed by atoms with Crippen LogP contribution in [0.1, 0.15) is 0 Å². The highest BCUT2D eigenvalue weighted by Gasteiger charge is 2.20. The molecule has 2 aromatic rings. The first-order valence-corrected chi connectivity index (χ1v) is 9.24. The molecule has 6 heteroatoms. The Bertz CT molecular complexity index is 700. The van der Waals surface area contributed by atoms with Gasteiger partial charge >= 0.3 is 0 Å². The van der Waals surface area contributed by atoms with E-state index in [1.165, 1.54) is 5.69 Å². The summed E-state index contributed by atoms with van der Waals surface area (Å²) in [4.78, 5) is 4.62. The van der Waals surface area contributed by atoms with Gasteiger partial charge in [-0.25, -0.2) is 0 Å². The Morgan fingerprint density at radius 2 is 1.56 bits per heavy atom. The second-order valence-corrected chi connectivity index (χ2v) is 6.63. The molecule has 1 N–H and O–H groups in total. The predicted octanol–water partition coefficient (Wildman–Crippen LogP) is 2.27. The van der Waals surface area contributed by atoms with Gasteiger partial charge in [0.1, 0.15) is 30.0 Å². The Balaban J connectivity index is 1.41. The molecule has 0 spiro atoms. The molecular weight excluding hydrogens is 344 g/mol. The minimum absolute atomic E-state index is 0.280. The molecule has 3 rings (SSSR count). The molecule has 1 unspecified atom stereocenters. The number of β-amino-alcohol motifs (C(OH)–C–C–N with tert-alkyl or cyclic N) is 1. The molecule has 27 heavy (non-hydrogen) atoms. The number of ether oxygens (including phenoxy) is 3. The number of hydrogen-bond acceptors (Lipinski definition) is 6. The lowest BCUT2D eigenvalue weighted by atomic mass is 10.2. The van der Waals surface area contributed by atoms with Crippen LogP contribution in [0.25, 0.3) is 0 Å². The van der Waals surface area contributed by atoms with Gasteiger partial charge in [-0.05, 0) is 36.4 Å². The van der Waals surface area contributed by atoms with Crippen LogP contribution >= 0.6 is 0 Å². The van der Waals surface area contributed by atoms with Crippen LogP contribution in [-0.2, 0) is 0 Å². The highest BCUT2D eigenvalue weighted by molar-refractivity contribution is 5.51.